The van der Waals surface area contributed by atoms with E-state index in [0.29, 0.717) is 0 Å². The lowest BCUT2D eigenvalue weighted by Gasteiger charge is -2.28. The van der Waals surface area contributed by atoms with E-state index in [1.807, 2.05) is 48.5 Å². The Morgan fingerprint density at radius 1 is 0.273 bits per heavy atom. The maximum absolute atomic E-state index is 10.1. The van der Waals surface area contributed by atoms with Crippen molar-refractivity contribution in [2.45, 2.75) is 11.8 Å². The summed E-state index contributed by atoms with van der Waals surface area (Å²) in [6.45, 7) is 0. The Hall–Kier alpha value is -5.74. The molecule has 4 heteroatoms. The first-order valence-corrected chi connectivity index (χ1v) is 14.6. The smallest absolute Gasteiger partial charge is 0.115 e. The second-order valence-electron chi connectivity index (χ2n) is 11.2. The monoisotopic (exact) mass is 574 g/mol. The number of benzene rings is 7. The summed E-state index contributed by atoms with van der Waals surface area (Å²) in [6, 6.07) is 46.3. The van der Waals surface area contributed by atoms with Crippen LogP contribution in [-0.2, 0) is 0 Å². The molecule has 0 spiro atoms. The zero-order valence-corrected chi connectivity index (χ0v) is 23.8. The van der Waals surface area contributed by atoms with Crippen LogP contribution in [0.4, 0.5) is 0 Å². The second-order valence-corrected chi connectivity index (χ2v) is 11.2. The molecule has 0 bridgehead atoms. The summed E-state index contributed by atoms with van der Waals surface area (Å²) < 4.78 is 0. The predicted octanol–water partition coefficient (Wildman–Crippen LogP) is 9.18. The van der Waals surface area contributed by atoms with Crippen molar-refractivity contribution < 1.29 is 20.4 Å². The summed E-state index contributed by atoms with van der Waals surface area (Å²) in [5.41, 5.74) is 6.34. The molecule has 0 saturated heterocycles. The van der Waals surface area contributed by atoms with Crippen LogP contribution in [0.1, 0.15) is 45.2 Å². The Balaban J connectivity index is 1.60. The molecule has 7 aromatic carbocycles. The minimum absolute atomic E-state index is 0.194. The van der Waals surface area contributed by atoms with Gasteiger partial charge in [-0.05, 0) is 103 Å². The molecule has 0 atom stereocenters. The molecule has 0 heterocycles. The van der Waals surface area contributed by atoms with E-state index in [1.54, 1.807) is 48.5 Å². The molecule has 44 heavy (non-hydrogen) atoms. The molecule has 7 aromatic rings. The summed E-state index contributed by atoms with van der Waals surface area (Å²) in [7, 11) is 0. The number of fused-ring (bicyclic) bond motifs is 2. The first-order valence-electron chi connectivity index (χ1n) is 14.6. The van der Waals surface area contributed by atoms with E-state index in [-0.39, 0.29) is 34.8 Å². The number of hydrogen-bond donors (Lipinski definition) is 4. The van der Waals surface area contributed by atoms with Crippen molar-refractivity contribution in [2.75, 3.05) is 0 Å². The fourth-order valence-corrected chi connectivity index (χ4v) is 6.54. The Labute approximate surface area is 255 Å². The zero-order chi connectivity index (χ0) is 30.2. The SMILES string of the molecule is Oc1ccc(C(c2ccc(O)cc2)c2c3ccccc3c(C(c3ccc(O)cc3)c3ccc(O)cc3)c3ccccc23)cc1. The average Bonchev–Trinajstić information content (AvgIpc) is 3.05. The fraction of sp³-hybridized carbons (Fsp3) is 0.0500. The highest BCUT2D eigenvalue weighted by molar-refractivity contribution is 6.08. The van der Waals surface area contributed by atoms with Crippen LogP contribution in [-0.4, -0.2) is 20.4 Å². The molecule has 4 N–H and O–H groups in total. The van der Waals surface area contributed by atoms with Gasteiger partial charge in [0.1, 0.15) is 23.0 Å². The molecule has 0 unspecified atom stereocenters. The third-order valence-corrected chi connectivity index (χ3v) is 8.50. The fourth-order valence-electron chi connectivity index (χ4n) is 6.54. The van der Waals surface area contributed by atoms with E-state index in [1.165, 1.54) is 0 Å². The van der Waals surface area contributed by atoms with E-state index in [9.17, 15) is 20.4 Å². The van der Waals surface area contributed by atoms with Gasteiger partial charge in [-0.2, -0.15) is 0 Å². The molecule has 7 rings (SSSR count). The zero-order valence-electron chi connectivity index (χ0n) is 23.8. The van der Waals surface area contributed by atoms with Gasteiger partial charge in [-0.1, -0.05) is 97.1 Å². The largest absolute Gasteiger partial charge is 0.508 e. The molecule has 214 valence electrons. The maximum Gasteiger partial charge on any atom is 0.115 e. The van der Waals surface area contributed by atoms with Crippen LogP contribution in [0, 0.1) is 0 Å². The Morgan fingerprint density at radius 2 is 0.477 bits per heavy atom. The molecule has 0 aliphatic heterocycles. The summed E-state index contributed by atoms with van der Waals surface area (Å²) >= 11 is 0. The van der Waals surface area contributed by atoms with Crippen molar-refractivity contribution in [1.82, 2.24) is 0 Å². The van der Waals surface area contributed by atoms with E-state index in [2.05, 4.69) is 48.5 Å². The number of hydrogen-bond acceptors (Lipinski definition) is 4. The number of phenolic OH excluding ortho intramolecular Hbond substituents is 4. The lowest BCUT2D eigenvalue weighted by Crippen LogP contribution is -2.09. The lowest BCUT2D eigenvalue weighted by molar-refractivity contribution is 0.474. The number of aromatic hydroxyl groups is 4. The van der Waals surface area contributed by atoms with Crippen molar-refractivity contribution in [3.63, 3.8) is 0 Å². The van der Waals surface area contributed by atoms with Gasteiger partial charge in [0.2, 0.25) is 0 Å². The molecule has 0 aliphatic rings. The standard InChI is InChI=1S/C40H30O4/c41-29-17-9-25(10-18-29)37(26-11-19-30(42)20-12-26)39-33-5-1-2-6-34(33)40(36-8-4-3-7-35(36)39)38(27-13-21-31(43)22-14-27)28-15-23-32(44)24-16-28/h1-24,37-38,41-44H. The van der Waals surface area contributed by atoms with E-state index < -0.39 is 0 Å². The van der Waals surface area contributed by atoms with E-state index >= 15 is 0 Å². The highest BCUT2D eigenvalue weighted by Crippen LogP contribution is 2.47. The normalized spacial score (nSPS) is 11.5. The van der Waals surface area contributed by atoms with Gasteiger partial charge >= 0.3 is 0 Å². The average molecular weight is 575 g/mol. The quantitative estimate of drug-likeness (QED) is 0.118. The maximum atomic E-state index is 10.1. The summed E-state index contributed by atoms with van der Waals surface area (Å²) in [4.78, 5) is 0. The Morgan fingerprint density at radius 3 is 0.682 bits per heavy atom. The van der Waals surface area contributed by atoms with Gasteiger partial charge in [0, 0.05) is 11.8 Å². The number of phenols is 4. The summed E-state index contributed by atoms with van der Waals surface area (Å²) in [6.07, 6.45) is 0. The predicted molar refractivity (Wildman–Crippen MR) is 176 cm³/mol. The lowest BCUT2D eigenvalue weighted by atomic mass is 9.75. The van der Waals surface area contributed by atoms with Crippen molar-refractivity contribution >= 4 is 21.5 Å². The van der Waals surface area contributed by atoms with Crippen molar-refractivity contribution in [3.05, 3.63) is 179 Å². The minimum atomic E-state index is -0.194. The number of rotatable bonds is 6. The van der Waals surface area contributed by atoms with Gasteiger partial charge in [-0.25, -0.2) is 0 Å². The van der Waals surface area contributed by atoms with Crippen LogP contribution in [0.3, 0.4) is 0 Å². The van der Waals surface area contributed by atoms with Gasteiger partial charge in [0.05, 0.1) is 0 Å². The van der Waals surface area contributed by atoms with Gasteiger partial charge in [0.25, 0.3) is 0 Å². The second kappa shape index (κ2) is 11.2. The molecular weight excluding hydrogens is 544 g/mol. The van der Waals surface area contributed by atoms with Crippen LogP contribution >= 0.6 is 0 Å². The molecular formula is C40H30O4. The van der Waals surface area contributed by atoms with Gasteiger partial charge < -0.3 is 20.4 Å². The Bertz CT molecular complexity index is 1780. The third kappa shape index (κ3) is 4.87. The van der Waals surface area contributed by atoms with E-state index in [4.69, 9.17) is 0 Å². The highest BCUT2D eigenvalue weighted by Gasteiger charge is 2.28. The molecule has 4 nitrogen and oxygen atoms in total. The van der Waals surface area contributed by atoms with E-state index in [0.717, 1.165) is 54.9 Å². The topological polar surface area (TPSA) is 80.9 Å². The van der Waals surface area contributed by atoms with Crippen LogP contribution in [0.25, 0.3) is 21.5 Å². The van der Waals surface area contributed by atoms with Crippen LogP contribution in [0.2, 0.25) is 0 Å². The molecule has 0 radical (unpaired) electrons. The summed E-state index contributed by atoms with van der Waals surface area (Å²) in [5.74, 6) is 0.423. The van der Waals surface area contributed by atoms with Crippen LogP contribution in [0.15, 0.2) is 146 Å². The van der Waals surface area contributed by atoms with Crippen molar-refractivity contribution in [2.24, 2.45) is 0 Å². The molecule has 0 amide bonds. The summed E-state index contributed by atoms with van der Waals surface area (Å²) in [5, 5.41) is 44.9. The molecule has 0 aromatic heterocycles. The Kier molecular flexibility index (Phi) is 6.88. The third-order valence-electron chi connectivity index (χ3n) is 8.50. The molecule has 0 aliphatic carbocycles. The molecule has 0 saturated carbocycles. The van der Waals surface area contributed by atoms with Gasteiger partial charge in [-0.3, -0.25) is 0 Å². The van der Waals surface area contributed by atoms with Crippen molar-refractivity contribution in [3.8, 4) is 23.0 Å². The first kappa shape index (κ1) is 27.1. The van der Waals surface area contributed by atoms with Crippen LogP contribution < -0.4 is 0 Å². The van der Waals surface area contributed by atoms with Gasteiger partial charge in [0.15, 0.2) is 0 Å². The van der Waals surface area contributed by atoms with Crippen molar-refractivity contribution in [1.29, 1.82) is 0 Å². The first-order chi connectivity index (χ1) is 21.5. The highest BCUT2D eigenvalue weighted by atomic mass is 16.3. The molecule has 0 fully saturated rings. The minimum Gasteiger partial charge on any atom is -0.508 e. The van der Waals surface area contributed by atoms with Crippen LogP contribution in [0.5, 0.6) is 23.0 Å². The van der Waals surface area contributed by atoms with Gasteiger partial charge in [-0.15, -0.1) is 0 Å².